The smallest absolute Gasteiger partial charge is 0.224 e. The van der Waals surface area contributed by atoms with Crippen molar-refractivity contribution in [2.75, 3.05) is 5.32 Å². The van der Waals surface area contributed by atoms with Gasteiger partial charge in [0.05, 0.1) is 11.0 Å². The third-order valence-corrected chi connectivity index (χ3v) is 2.71. The summed E-state index contributed by atoms with van der Waals surface area (Å²) in [4.78, 5) is 19.1. The number of H-pyrrole nitrogens is 1. The standard InChI is InChI=1S/C13H18N4O/c1-8(14)3-6-13(18)17-10-4-5-11-12(7-10)16-9(2)15-11/h4-5,7-8H,3,6,14H2,1-2H3,(H,15,16)(H,17,18). The predicted octanol–water partition coefficient (Wildman–Crippen LogP) is 1.94. The Balaban J connectivity index is 2.05. The van der Waals surface area contributed by atoms with Crippen molar-refractivity contribution < 1.29 is 4.79 Å². The molecule has 1 heterocycles. The first-order valence-corrected chi connectivity index (χ1v) is 6.06. The Hall–Kier alpha value is -1.88. The molecule has 0 aliphatic rings. The topological polar surface area (TPSA) is 83.8 Å². The number of aryl methyl sites for hydroxylation is 1. The van der Waals surface area contributed by atoms with Gasteiger partial charge in [0.1, 0.15) is 5.82 Å². The van der Waals surface area contributed by atoms with Crippen molar-refractivity contribution in [3.63, 3.8) is 0 Å². The lowest BCUT2D eigenvalue weighted by atomic mass is 10.2. The van der Waals surface area contributed by atoms with Crippen molar-refractivity contribution in [2.45, 2.75) is 32.7 Å². The number of nitrogens with one attached hydrogen (secondary N) is 2. The first-order valence-electron chi connectivity index (χ1n) is 6.06. The van der Waals surface area contributed by atoms with Gasteiger partial charge in [0.15, 0.2) is 0 Å². The van der Waals surface area contributed by atoms with Crippen molar-refractivity contribution in [3.8, 4) is 0 Å². The number of carbonyl (C=O) groups excluding carboxylic acids is 1. The number of hydrogen-bond acceptors (Lipinski definition) is 3. The Kier molecular flexibility index (Phi) is 3.62. The number of rotatable bonds is 4. The Labute approximate surface area is 106 Å². The van der Waals surface area contributed by atoms with Gasteiger partial charge in [-0.1, -0.05) is 0 Å². The number of aromatic nitrogens is 2. The molecule has 0 spiro atoms. The van der Waals surface area contributed by atoms with E-state index in [1.54, 1.807) is 0 Å². The van der Waals surface area contributed by atoms with Gasteiger partial charge in [-0.15, -0.1) is 0 Å². The summed E-state index contributed by atoms with van der Waals surface area (Å²) in [6.07, 6.45) is 1.13. The van der Waals surface area contributed by atoms with Crippen LogP contribution in [-0.2, 0) is 4.79 Å². The number of aromatic amines is 1. The third kappa shape index (κ3) is 3.07. The fourth-order valence-corrected chi connectivity index (χ4v) is 1.80. The summed E-state index contributed by atoms with van der Waals surface area (Å²) < 4.78 is 0. The van der Waals surface area contributed by atoms with Crippen LogP contribution in [0.2, 0.25) is 0 Å². The normalized spacial score (nSPS) is 12.6. The summed E-state index contributed by atoms with van der Waals surface area (Å²) in [7, 11) is 0. The Bertz CT molecular complexity index is 559. The Morgan fingerprint density at radius 1 is 1.56 bits per heavy atom. The van der Waals surface area contributed by atoms with Crippen LogP contribution in [-0.4, -0.2) is 21.9 Å². The Morgan fingerprint density at radius 3 is 3.06 bits per heavy atom. The number of anilines is 1. The zero-order valence-electron chi connectivity index (χ0n) is 10.7. The second-order valence-corrected chi connectivity index (χ2v) is 4.62. The molecule has 0 saturated heterocycles. The van der Waals surface area contributed by atoms with E-state index in [2.05, 4.69) is 15.3 Å². The first-order chi connectivity index (χ1) is 8.54. The van der Waals surface area contributed by atoms with Crippen LogP contribution in [0.15, 0.2) is 18.2 Å². The van der Waals surface area contributed by atoms with Gasteiger partial charge in [0.25, 0.3) is 0 Å². The minimum atomic E-state index is -0.0112. The van der Waals surface area contributed by atoms with E-state index in [1.165, 1.54) is 0 Å². The molecule has 1 unspecified atom stereocenters. The molecule has 0 radical (unpaired) electrons. The Morgan fingerprint density at radius 2 is 2.33 bits per heavy atom. The molecule has 1 amide bonds. The van der Waals surface area contributed by atoms with Crippen LogP contribution in [0.1, 0.15) is 25.6 Å². The largest absolute Gasteiger partial charge is 0.342 e. The highest BCUT2D eigenvalue weighted by molar-refractivity contribution is 5.93. The van der Waals surface area contributed by atoms with Crippen LogP contribution >= 0.6 is 0 Å². The number of hydrogen-bond donors (Lipinski definition) is 3. The maximum absolute atomic E-state index is 11.7. The molecule has 0 aliphatic heterocycles. The van der Waals surface area contributed by atoms with Gasteiger partial charge in [0.2, 0.25) is 5.91 Å². The summed E-state index contributed by atoms with van der Waals surface area (Å²) in [5, 5.41) is 2.86. The van der Waals surface area contributed by atoms with Crippen molar-refractivity contribution >= 4 is 22.6 Å². The molecule has 5 nitrogen and oxygen atoms in total. The van der Waals surface area contributed by atoms with E-state index in [9.17, 15) is 4.79 Å². The summed E-state index contributed by atoms with van der Waals surface area (Å²) in [6, 6.07) is 5.68. The number of imidazole rings is 1. The minimum absolute atomic E-state index is 0.0112. The van der Waals surface area contributed by atoms with Crippen LogP contribution in [0.4, 0.5) is 5.69 Å². The van der Waals surface area contributed by atoms with E-state index < -0.39 is 0 Å². The lowest BCUT2D eigenvalue weighted by Gasteiger charge is -2.06. The molecule has 0 fully saturated rings. The van der Waals surface area contributed by atoms with E-state index in [1.807, 2.05) is 32.0 Å². The maximum atomic E-state index is 11.7. The molecule has 96 valence electrons. The zero-order chi connectivity index (χ0) is 13.1. The molecule has 0 saturated carbocycles. The van der Waals surface area contributed by atoms with Crippen LogP contribution < -0.4 is 11.1 Å². The summed E-state index contributed by atoms with van der Waals surface area (Å²) >= 11 is 0. The molecule has 0 aliphatic carbocycles. The van der Waals surface area contributed by atoms with E-state index in [4.69, 9.17) is 5.73 Å². The average molecular weight is 246 g/mol. The maximum Gasteiger partial charge on any atom is 0.224 e. The fraction of sp³-hybridized carbons (Fsp3) is 0.385. The van der Waals surface area contributed by atoms with Gasteiger partial charge in [0, 0.05) is 18.2 Å². The van der Waals surface area contributed by atoms with E-state index in [-0.39, 0.29) is 11.9 Å². The molecule has 2 rings (SSSR count). The van der Waals surface area contributed by atoms with Crippen LogP contribution in [0.3, 0.4) is 0 Å². The number of nitrogens with zero attached hydrogens (tertiary/aromatic N) is 1. The molecule has 0 bridgehead atoms. The van der Waals surface area contributed by atoms with Crippen LogP contribution in [0.25, 0.3) is 11.0 Å². The monoisotopic (exact) mass is 246 g/mol. The first kappa shape index (κ1) is 12.6. The van der Waals surface area contributed by atoms with Gasteiger partial charge >= 0.3 is 0 Å². The molecule has 1 atom stereocenters. The van der Waals surface area contributed by atoms with E-state index in [0.717, 1.165) is 22.5 Å². The molecular weight excluding hydrogens is 228 g/mol. The highest BCUT2D eigenvalue weighted by Gasteiger charge is 2.06. The molecular formula is C13H18N4O. The second kappa shape index (κ2) is 5.18. The van der Waals surface area contributed by atoms with Gasteiger partial charge < -0.3 is 16.0 Å². The SMILES string of the molecule is Cc1nc2ccc(NC(=O)CCC(C)N)cc2[nH]1. The highest BCUT2D eigenvalue weighted by Crippen LogP contribution is 2.17. The molecule has 4 N–H and O–H groups in total. The van der Waals surface area contributed by atoms with Crippen molar-refractivity contribution in [2.24, 2.45) is 5.73 Å². The summed E-state index contributed by atoms with van der Waals surface area (Å²) in [6.45, 7) is 3.80. The van der Waals surface area contributed by atoms with Gasteiger partial charge in [-0.25, -0.2) is 4.98 Å². The molecule has 1 aromatic carbocycles. The van der Waals surface area contributed by atoms with Gasteiger partial charge in [-0.2, -0.15) is 0 Å². The molecule has 5 heteroatoms. The zero-order valence-corrected chi connectivity index (χ0v) is 10.7. The van der Waals surface area contributed by atoms with Gasteiger partial charge in [-0.05, 0) is 38.5 Å². The number of amides is 1. The van der Waals surface area contributed by atoms with E-state index >= 15 is 0 Å². The molecule has 2 aromatic rings. The number of benzene rings is 1. The lowest BCUT2D eigenvalue weighted by Crippen LogP contribution is -2.19. The lowest BCUT2D eigenvalue weighted by molar-refractivity contribution is -0.116. The average Bonchev–Trinajstić information content (AvgIpc) is 2.66. The third-order valence-electron chi connectivity index (χ3n) is 2.71. The number of fused-ring (bicyclic) bond motifs is 1. The van der Waals surface area contributed by atoms with Crippen molar-refractivity contribution in [3.05, 3.63) is 24.0 Å². The van der Waals surface area contributed by atoms with E-state index in [0.29, 0.717) is 12.8 Å². The van der Waals surface area contributed by atoms with Crippen molar-refractivity contribution in [1.82, 2.24) is 9.97 Å². The quantitative estimate of drug-likeness (QED) is 0.770. The highest BCUT2D eigenvalue weighted by atomic mass is 16.1. The fourth-order valence-electron chi connectivity index (χ4n) is 1.80. The number of carbonyl (C=O) groups is 1. The van der Waals surface area contributed by atoms with Crippen molar-refractivity contribution in [1.29, 1.82) is 0 Å². The summed E-state index contributed by atoms with van der Waals surface area (Å²) in [5.41, 5.74) is 8.23. The van der Waals surface area contributed by atoms with Gasteiger partial charge in [-0.3, -0.25) is 4.79 Å². The van der Waals surface area contributed by atoms with Crippen LogP contribution in [0, 0.1) is 6.92 Å². The second-order valence-electron chi connectivity index (χ2n) is 4.62. The van der Waals surface area contributed by atoms with Crippen LogP contribution in [0.5, 0.6) is 0 Å². The minimum Gasteiger partial charge on any atom is -0.342 e. The predicted molar refractivity (Wildman–Crippen MR) is 72.3 cm³/mol. The molecule has 1 aromatic heterocycles. The molecule has 18 heavy (non-hydrogen) atoms. The number of nitrogens with two attached hydrogens (primary N) is 1. The summed E-state index contributed by atoms with van der Waals surface area (Å²) in [5.74, 6) is 0.855.